The molecular weight excluding hydrogens is 200 g/mol. The van der Waals surface area contributed by atoms with Crippen molar-refractivity contribution in [2.24, 2.45) is 0 Å². The van der Waals surface area contributed by atoms with Crippen LogP contribution in [-0.2, 0) is 0 Å². The summed E-state index contributed by atoms with van der Waals surface area (Å²) in [5, 5.41) is 13.3. The van der Waals surface area contributed by atoms with Gasteiger partial charge in [0.05, 0.1) is 0 Å². The number of hydrogen-bond acceptors (Lipinski definition) is 3. The van der Waals surface area contributed by atoms with Crippen molar-refractivity contribution in [3.63, 3.8) is 0 Å². The second-order valence-corrected chi connectivity index (χ2v) is 3.38. The third-order valence-electron chi connectivity index (χ3n) is 2.34. The Morgan fingerprint density at radius 2 is 2.14 bits per heavy atom. The van der Waals surface area contributed by atoms with Gasteiger partial charge < -0.3 is 0 Å². The molecule has 14 heavy (non-hydrogen) atoms. The highest BCUT2D eigenvalue weighted by Crippen LogP contribution is 2.24. The molecule has 0 spiro atoms. The Balaban J connectivity index is 3.05. The molecule has 0 fully saturated rings. The number of halogens is 1. The summed E-state index contributed by atoms with van der Waals surface area (Å²) in [4.78, 5) is 3.88. The maximum Gasteiger partial charge on any atom is 0.156 e. The maximum absolute atomic E-state index is 8.95. The van der Waals surface area contributed by atoms with Crippen LogP contribution in [0.15, 0.2) is 6.33 Å². The average Bonchev–Trinajstić information content (AvgIpc) is 2.41. The summed E-state index contributed by atoms with van der Waals surface area (Å²) in [6, 6.07) is 2.10. The fraction of sp³-hybridized carbons (Fsp3) is 0.222. The third-order valence-corrected chi connectivity index (χ3v) is 2.61. The van der Waals surface area contributed by atoms with Crippen molar-refractivity contribution in [2.45, 2.75) is 13.8 Å². The maximum atomic E-state index is 8.95. The number of nitriles is 1. The molecule has 0 amide bonds. The number of hydrogen-bond donors (Lipinski definition) is 0. The second kappa shape index (κ2) is 2.96. The van der Waals surface area contributed by atoms with E-state index in [-0.39, 0.29) is 0 Å². The molecule has 4 nitrogen and oxygen atoms in total. The normalized spacial score (nSPS) is 10.4. The molecule has 0 aliphatic rings. The van der Waals surface area contributed by atoms with Gasteiger partial charge in [-0.25, -0.2) is 9.50 Å². The topological polar surface area (TPSA) is 54.0 Å². The Labute approximate surface area is 85.7 Å². The minimum Gasteiger partial charge on any atom is -0.220 e. The summed E-state index contributed by atoms with van der Waals surface area (Å²) in [5.41, 5.74) is 3.08. The van der Waals surface area contributed by atoms with Gasteiger partial charge in [0.2, 0.25) is 0 Å². The first-order valence-corrected chi connectivity index (χ1v) is 4.43. The number of fused-ring (bicyclic) bond motifs is 1. The lowest BCUT2D eigenvalue weighted by Gasteiger charge is -1.95. The standard InChI is InChI=1S/C9H7ClN4/c1-5-6(2)8-9(10)12-4-13-14(8)7(5)3-11/h4H,1-2H3. The number of rotatable bonds is 0. The minimum absolute atomic E-state index is 0.377. The second-order valence-electron chi connectivity index (χ2n) is 3.02. The quantitative estimate of drug-likeness (QED) is 0.661. The number of aromatic nitrogens is 3. The Morgan fingerprint density at radius 3 is 2.79 bits per heavy atom. The monoisotopic (exact) mass is 206 g/mol. The fourth-order valence-electron chi connectivity index (χ4n) is 1.46. The van der Waals surface area contributed by atoms with Crippen molar-refractivity contribution in [1.82, 2.24) is 14.6 Å². The number of nitrogens with zero attached hydrogens (tertiary/aromatic N) is 4. The van der Waals surface area contributed by atoms with Crippen molar-refractivity contribution in [1.29, 1.82) is 5.26 Å². The van der Waals surface area contributed by atoms with Gasteiger partial charge in [-0.05, 0) is 25.0 Å². The van der Waals surface area contributed by atoms with Crippen LogP contribution in [0.25, 0.3) is 5.52 Å². The van der Waals surface area contributed by atoms with Crippen LogP contribution >= 0.6 is 11.6 Å². The van der Waals surface area contributed by atoms with Gasteiger partial charge >= 0.3 is 0 Å². The van der Waals surface area contributed by atoms with E-state index in [9.17, 15) is 0 Å². The molecule has 70 valence electrons. The molecule has 0 N–H and O–H groups in total. The summed E-state index contributed by atoms with van der Waals surface area (Å²) >= 11 is 5.92. The van der Waals surface area contributed by atoms with Crippen molar-refractivity contribution in [2.75, 3.05) is 0 Å². The highest BCUT2D eigenvalue weighted by Gasteiger charge is 2.14. The summed E-state index contributed by atoms with van der Waals surface area (Å²) < 4.78 is 1.53. The molecule has 2 heterocycles. The lowest BCUT2D eigenvalue weighted by molar-refractivity contribution is 0.886. The molecule has 2 rings (SSSR count). The predicted molar refractivity (Wildman–Crippen MR) is 52.2 cm³/mol. The lowest BCUT2D eigenvalue weighted by Crippen LogP contribution is -1.96. The fourth-order valence-corrected chi connectivity index (χ4v) is 1.73. The van der Waals surface area contributed by atoms with Crippen LogP contribution in [-0.4, -0.2) is 14.6 Å². The largest absolute Gasteiger partial charge is 0.220 e. The first kappa shape index (κ1) is 8.97. The highest BCUT2D eigenvalue weighted by atomic mass is 35.5. The van der Waals surface area contributed by atoms with Gasteiger partial charge in [0, 0.05) is 0 Å². The molecule has 0 saturated heterocycles. The molecule has 5 heteroatoms. The first-order valence-electron chi connectivity index (χ1n) is 4.05. The van der Waals surface area contributed by atoms with Crippen LogP contribution in [0, 0.1) is 25.2 Å². The van der Waals surface area contributed by atoms with Gasteiger partial charge in [0.1, 0.15) is 23.6 Å². The van der Waals surface area contributed by atoms with Crippen LogP contribution in [0.5, 0.6) is 0 Å². The van der Waals surface area contributed by atoms with Gasteiger partial charge in [-0.1, -0.05) is 11.6 Å². The minimum atomic E-state index is 0.377. The molecule has 0 aromatic carbocycles. The van der Waals surface area contributed by atoms with E-state index in [1.807, 2.05) is 13.8 Å². The van der Waals surface area contributed by atoms with Gasteiger partial charge in [-0.15, -0.1) is 0 Å². The summed E-state index contributed by atoms with van der Waals surface area (Å²) in [6.07, 6.45) is 1.34. The predicted octanol–water partition coefficient (Wildman–Crippen LogP) is 1.87. The van der Waals surface area contributed by atoms with E-state index in [4.69, 9.17) is 16.9 Å². The molecular formula is C9H7ClN4. The van der Waals surface area contributed by atoms with Crippen LogP contribution in [0.2, 0.25) is 5.15 Å². The zero-order valence-corrected chi connectivity index (χ0v) is 8.50. The molecule has 0 atom stereocenters. The van der Waals surface area contributed by atoms with Crippen LogP contribution < -0.4 is 0 Å². The van der Waals surface area contributed by atoms with Crippen molar-refractivity contribution in [3.8, 4) is 6.07 Å². The summed E-state index contributed by atoms with van der Waals surface area (Å²) in [7, 11) is 0. The van der Waals surface area contributed by atoms with Gasteiger partial charge in [-0.3, -0.25) is 0 Å². The zero-order valence-electron chi connectivity index (χ0n) is 7.74. The van der Waals surface area contributed by atoms with E-state index in [0.717, 1.165) is 11.1 Å². The van der Waals surface area contributed by atoms with Crippen molar-refractivity contribution in [3.05, 3.63) is 28.3 Å². The summed E-state index contributed by atoms with van der Waals surface area (Å²) in [5.74, 6) is 0. The zero-order chi connectivity index (χ0) is 10.3. The molecule has 0 aliphatic heterocycles. The van der Waals surface area contributed by atoms with Gasteiger partial charge in [-0.2, -0.15) is 10.4 Å². The van der Waals surface area contributed by atoms with Gasteiger partial charge in [0.25, 0.3) is 0 Å². The number of aryl methyl sites for hydroxylation is 1. The van der Waals surface area contributed by atoms with Crippen LogP contribution in [0.4, 0.5) is 0 Å². The molecule has 0 saturated carbocycles. The van der Waals surface area contributed by atoms with E-state index in [2.05, 4.69) is 16.2 Å². The van der Waals surface area contributed by atoms with Crippen LogP contribution in [0.3, 0.4) is 0 Å². The first-order chi connectivity index (χ1) is 6.66. The van der Waals surface area contributed by atoms with Gasteiger partial charge in [0.15, 0.2) is 5.15 Å². The molecule has 2 aromatic heterocycles. The summed E-state index contributed by atoms with van der Waals surface area (Å²) in [6.45, 7) is 3.78. The average molecular weight is 207 g/mol. The Morgan fingerprint density at radius 1 is 1.43 bits per heavy atom. The van der Waals surface area contributed by atoms with E-state index < -0.39 is 0 Å². The van der Waals surface area contributed by atoms with E-state index in [0.29, 0.717) is 16.4 Å². The SMILES string of the molecule is Cc1c(C)c2c(Cl)ncnn2c1C#N. The Kier molecular flexibility index (Phi) is 1.90. The molecule has 2 aromatic rings. The van der Waals surface area contributed by atoms with E-state index in [1.54, 1.807) is 0 Å². The third kappa shape index (κ3) is 0.994. The molecule has 0 aliphatic carbocycles. The Bertz CT molecular complexity index is 550. The van der Waals surface area contributed by atoms with E-state index in [1.165, 1.54) is 10.8 Å². The molecule has 0 bridgehead atoms. The Hall–Kier alpha value is -1.60. The lowest BCUT2D eigenvalue weighted by atomic mass is 10.2. The smallest absolute Gasteiger partial charge is 0.156 e. The van der Waals surface area contributed by atoms with Crippen molar-refractivity contribution < 1.29 is 0 Å². The van der Waals surface area contributed by atoms with Crippen LogP contribution in [0.1, 0.15) is 16.8 Å². The molecule has 0 unspecified atom stereocenters. The molecule has 0 radical (unpaired) electrons. The van der Waals surface area contributed by atoms with Crippen molar-refractivity contribution >= 4 is 17.1 Å². The van der Waals surface area contributed by atoms with E-state index >= 15 is 0 Å². The highest BCUT2D eigenvalue weighted by molar-refractivity contribution is 6.32.